The van der Waals surface area contributed by atoms with Gasteiger partial charge in [-0.1, -0.05) is 36.7 Å². The lowest BCUT2D eigenvalue weighted by Crippen LogP contribution is -2.50. The number of halogens is 1. The minimum atomic E-state index is -1.05. The van der Waals surface area contributed by atoms with Gasteiger partial charge in [0.1, 0.15) is 11.8 Å². The molecule has 0 unspecified atom stereocenters. The van der Waals surface area contributed by atoms with E-state index in [0.717, 1.165) is 0 Å². The van der Waals surface area contributed by atoms with Gasteiger partial charge >= 0.3 is 0 Å². The monoisotopic (exact) mass is 439 g/mol. The first-order valence-corrected chi connectivity index (χ1v) is 10.7. The Hall–Kier alpha value is -1.80. The van der Waals surface area contributed by atoms with Crippen molar-refractivity contribution in [3.8, 4) is 0 Å². The molecule has 1 aromatic rings. The van der Waals surface area contributed by atoms with E-state index < -0.39 is 24.0 Å². The Morgan fingerprint density at radius 3 is 2.27 bits per heavy atom. The van der Waals surface area contributed by atoms with Gasteiger partial charge in [0.25, 0.3) is 0 Å². The molecule has 30 heavy (non-hydrogen) atoms. The number of carbonyl (C=O) groups is 3. The number of aliphatic hydroxyl groups excluding tert-OH is 1. The highest BCUT2D eigenvalue weighted by molar-refractivity contribution is 6.31. The van der Waals surface area contributed by atoms with Gasteiger partial charge in [0.2, 0.25) is 5.91 Å². The maximum atomic E-state index is 12.8. The summed E-state index contributed by atoms with van der Waals surface area (Å²) in [6.07, 6.45) is 0.231. The lowest BCUT2D eigenvalue weighted by atomic mass is 9.92. The Morgan fingerprint density at radius 2 is 1.70 bits per heavy atom. The average molecular weight is 440 g/mol. The van der Waals surface area contributed by atoms with Crippen molar-refractivity contribution >= 4 is 29.1 Å². The second-order valence-electron chi connectivity index (χ2n) is 7.87. The third kappa shape index (κ3) is 8.92. The van der Waals surface area contributed by atoms with Crippen LogP contribution in [0.3, 0.4) is 0 Å². The lowest BCUT2D eigenvalue weighted by Gasteiger charge is -2.24. The van der Waals surface area contributed by atoms with E-state index in [1.807, 2.05) is 6.92 Å². The first-order valence-electron chi connectivity index (χ1n) is 10.4. The van der Waals surface area contributed by atoms with Crippen LogP contribution in [0, 0.1) is 11.8 Å². The van der Waals surface area contributed by atoms with Crippen LogP contribution in [-0.2, 0) is 20.8 Å². The van der Waals surface area contributed by atoms with Gasteiger partial charge in [0.15, 0.2) is 5.78 Å². The fraction of sp³-hybridized carbons (Fsp3) is 0.591. The van der Waals surface area contributed by atoms with Crippen LogP contribution < -0.4 is 16.8 Å². The number of aliphatic hydroxyl groups is 1. The maximum absolute atomic E-state index is 12.8. The molecule has 4 atom stereocenters. The highest BCUT2D eigenvalue weighted by atomic mass is 35.5. The molecule has 0 bridgehead atoms. The van der Waals surface area contributed by atoms with Crippen molar-refractivity contribution in [1.29, 1.82) is 0 Å². The molecule has 0 fully saturated rings. The van der Waals surface area contributed by atoms with Crippen molar-refractivity contribution in [3.05, 3.63) is 34.9 Å². The number of nitrogens with one attached hydrogen (secondary N) is 1. The van der Waals surface area contributed by atoms with Crippen molar-refractivity contribution in [2.24, 2.45) is 23.3 Å². The number of benzene rings is 1. The zero-order valence-corrected chi connectivity index (χ0v) is 18.5. The number of hydrogen-bond acceptors (Lipinski definition) is 6. The SMILES string of the molecule is C[C@H](CCN)CC(=O)[C@@H](NC(=O)[C@H](CCN)CC(=O)Cc1ccccc1Cl)[C@@H](C)O. The van der Waals surface area contributed by atoms with E-state index in [1.54, 1.807) is 24.3 Å². The Labute approximate surface area is 183 Å². The Kier molecular flexibility index (Phi) is 11.8. The molecule has 1 amide bonds. The predicted molar refractivity (Wildman–Crippen MR) is 118 cm³/mol. The molecule has 0 spiro atoms. The number of nitrogens with two attached hydrogens (primary N) is 2. The van der Waals surface area contributed by atoms with Crippen molar-refractivity contribution in [3.63, 3.8) is 0 Å². The molecule has 7 nitrogen and oxygen atoms in total. The van der Waals surface area contributed by atoms with Crippen LogP contribution in [-0.4, -0.2) is 47.8 Å². The third-order valence-electron chi connectivity index (χ3n) is 5.04. The molecule has 0 radical (unpaired) electrons. The van der Waals surface area contributed by atoms with Crippen molar-refractivity contribution in [2.75, 3.05) is 13.1 Å². The van der Waals surface area contributed by atoms with Crippen LogP contribution >= 0.6 is 11.6 Å². The van der Waals surface area contributed by atoms with Gasteiger partial charge in [-0.3, -0.25) is 14.4 Å². The van der Waals surface area contributed by atoms with Crippen LogP contribution in [0.5, 0.6) is 0 Å². The standard InChI is InChI=1S/C22H34ClN3O4/c1-14(7-9-24)11-20(29)21(15(2)27)26-22(30)17(8-10-25)13-18(28)12-16-5-3-4-6-19(16)23/h3-6,14-15,17,21,27H,7-13,24-25H2,1-2H3,(H,26,30)/t14-,15-,17-,21+/m1/s1. The number of Topliss-reactive ketones (excluding diaryl/α,β-unsaturated/α-hetero) is 2. The predicted octanol–water partition coefficient (Wildman–Crippen LogP) is 1.62. The molecule has 0 heterocycles. The topological polar surface area (TPSA) is 136 Å². The van der Waals surface area contributed by atoms with E-state index in [0.29, 0.717) is 30.0 Å². The summed E-state index contributed by atoms with van der Waals surface area (Å²) in [5.74, 6) is -1.49. The van der Waals surface area contributed by atoms with E-state index in [9.17, 15) is 19.5 Å². The fourth-order valence-corrected chi connectivity index (χ4v) is 3.53. The first kappa shape index (κ1) is 26.2. The van der Waals surface area contributed by atoms with E-state index >= 15 is 0 Å². The van der Waals surface area contributed by atoms with Crippen molar-refractivity contribution in [1.82, 2.24) is 5.32 Å². The second-order valence-corrected chi connectivity index (χ2v) is 8.27. The molecule has 0 saturated heterocycles. The Balaban J connectivity index is 2.78. The highest BCUT2D eigenvalue weighted by Gasteiger charge is 2.30. The van der Waals surface area contributed by atoms with Crippen LogP contribution in [0.4, 0.5) is 0 Å². The molecule has 1 rings (SSSR count). The van der Waals surface area contributed by atoms with Crippen molar-refractivity contribution < 1.29 is 19.5 Å². The van der Waals surface area contributed by atoms with Crippen molar-refractivity contribution in [2.45, 2.75) is 58.1 Å². The Morgan fingerprint density at radius 1 is 1.07 bits per heavy atom. The zero-order valence-electron chi connectivity index (χ0n) is 17.8. The van der Waals surface area contributed by atoms with E-state index in [-0.39, 0.29) is 43.3 Å². The van der Waals surface area contributed by atoms with Crippen LogP contribution in [0.1, 0.15) is 45.1 Å². The van der Waals surface area contributed by atoms with E-state index in [2.05, 4.69) is 5.32 Å². The highest BCUT2D eigenvalue weighted by Crippen LogP contribution is 2.19. The minimum Gasteiger partial charge on any atom is -0.391 e. The van der Waals surface area contributed by atoms with Gasteiger partial charge in [-0.15, -0.1) is 0 Å². The molecular weight excluding hydrogens is 406 g/mol. The smallest absolute Gasteiger partial charge is 0.224 e. The molecular formula is C22H34ClN3O4. The number of carbonyl (C=O) groups excluding carboxylic acids is 3. The summed E-state index contributed by atoms with van der Waals surface area (Å²) in [5, 5.41) is 13.1. The summed E-state index contributed by atoms with van der Waals surface area (Å²) in [4.78, 5) is 37.9. The summed E-state index contributed by atoms with van der Waals surface area (Å²) in [5.41, 5.74) is 11.8. The molecule has 0 aliphatic carbocycles. The van der Waals surface area contributed by atoms with Gasteiger partial charge in [0.05, 0.1) is 6.10 Å². The summed E-state index contributed by atoms with van der Waals surface area (Å²) in [6.45, 7) is 4.04. The second kappa shape index (κ2) is 13.5. The van der Waals surface area contributed by atoms with Gasteiger partial charge in [-0.25, -0.2) is 0 Å². The normalized spacial score (nSPS) is 15.1. The van der Waals surface area contributed by atoms with Crippen LogP contribution in [0.2, 0.25) is 5.02 Å². The number of hydrogen-bond donors (Lipinski definition) is 4. The first-order chi connectivity index (χ1) is 14.2. The minimum absolute atomic E-state index is 0.0153. The van der Waals surface area contributed by atoms with Gasteiger partial charge in [-0.05, 0) is 50.4 Å². The summed E-state index contributed by atoms with van der Waals surface area (Å²) < 4.78 is 0. The summed E-state index contributed by atoms with van der Waals surface area (Å²) in [6, 6.07) is 6.02. The number of ketones is 2. The fourth-order valence-electron chi connectivity index (χ4n) is 3.33. The molecule has 0 saturated carbocycles. The van der Waals surface area contributed by atoms with Crippen LogP contribution in [0.15, 0.2) is 24.3 Å². The lowest BCUT2D eigenvalue weighted by molar-refractivity contribution is -0.134. The largest absolute Gasteiger partial charge is 0.391 e. The molecule has 0 aliphatic heterocycles. The number of rotatable bonds is 14. The molecule has 6 N–H and O–H groups in total. The summed E-state index contributed by atoms with van der Waals surface area (Å²) >= 11 is 6.11. The zero-order chi connectivity index (χ0) is 22.7. The number of amides is 1. The average Bonchev–Trinajstić information content (AvgIpc) is 2.67. The van der Waals surface area contributed by atoms with Gasteiger partial charge in [0, 0.05) is 30.2 Å². The van der Waals surface area contributed by atoms with Gasteiger partial charge in [-0.2, -0.15) is 0 Å². The quantitative estimate of drug-likeness (QED) is 0.347. The van der Waals surface area contributed by atoms with Crippen LogP contribution in [0.25, 0.3) is 0 Å². The molecule has 1 aromatic carbocycles. The molecule has 168 valence electrons. The molecule has 8 heteroatoms. The third-order valence-corrected chi connectivity index (χ3v) is 5.41. The van der Waals surface area contributed by atoms with Gasteiger partial charge < -0.3 is 21.9 Å². The molecule has 0 aromatic heterocycles. The maximum Gasteiger partial charge on any atom is 0.224 e. The van der Waals surface area contributed by atoms with E-state index in [1.165, 1.54) is 6.92 Å². The molecule has 0 aliphatic rings. The van der Waals surface area contributed by atoms with E-state index in [4.69, 9.17) is 23.1 Å². The summed E-state index contributed by atoms with van der Waals surface area (Å²) in [7, 11) is 0. The Bertz CT molecular complexity index is 711.